The van der Waals surface area contributed by atoms with Crippen molar-refractivity contribution in [2.75, 3.05) is 6.61 Å². The second-order valence-corrected chi connectivity index (χ2v) is 4.14. The van der Waals surface area contributed by atoms with Crippen molar-refractivity contribution in [2.24, 2.45) is 0 Å². The second kappa shape index (κ2) is 4.61. The van der Waals surface area contributed by atoms with Gasteiger partial charge in [0.2, 0.25) is 0 Å². The van der Waals surface area contributed by atoms with Gasteiger partial charge in [-0.2, -0.15) is 0 Å². The lowest BCUT2D eigenvalue weighted by Gasteiger charge is -2.04. The van der Waals surface area contributed by atoms with Crippen LogP contribution >= 0.6 is 0 Å². The standard InChI is InChI=1S/C13H18O/c14-9-2-1-4-11-7-8-12-5-3-6-13(12)10-11/h7-8,10,14H,1-6,9H2. The van der Waals surface area contributed by atoms with Gasteiger partial charge in [-0.15, -0.1) is 0 Å². The van der Waals surface area contributed by atoms with Crippen molar-refractivity contribution in [3.8, 4) is 0 Å². The monoisotopic (exact) mass is 190 g/mol. The summed E-state index contributed by atoms with van der Waals surface area (Å²) in [5.41, 5.74) is 4.56. The van der Waals surface area contributed by atoms with Crippen molar-refractivity contribution >= 4 is 0 Å². The Kier molecular flexibility index (Phi) is 3.20. The number of aliphatic hydroxyl groups is 1. The van der Waals surface area contributed by atoms with Gasteiger partial charge in [-0.1, -0.05) is 18.2 Å². The molecule has 1 aromatic rings. The van der Waals surface area contributed by atoms with Gasteiger partial charge in [-0.05, 0) is 55.2 Å². The lowest BCUT2D eigenvalue weighted by molar-refractivity contribution is 0.284. The molecule has 0 aliphatic heterocycles. The van der Waals surface area contributed by atoms with E-state index < -0.39 is 0 Å². The van der Waals surface area contributed by atoms with E-state index in [0.717, 1.165) is 19.3 Å². The molecule has 1 aliphatic carbocycles. The second-order valence-electron chi connectivity index (χ2n) is 4.14. The van der Waals surface area contributed by atoms with E-state index in [0.29, 0.717) is 6.61 Å². The molecule has 2 rings (SSSR count). The molecular formula is C13H18O. The van der Waals surface area contributed by atoms with Gasteiger partial charge in [-0.25, -0.2) is 0 Å². The lowest BCUT2D eigenvalue weighted by atomic mass is 10.0. The largest absolute Gasteiger partial charge is 0.396 e. The van der Waals surface area contributed by atoms with Gasteiger partial charge in [0.15, 0.2) is 0 Å². The predicted octanol–water partition coefficient (Wildman–Crippen LogP) is 2.49. The molecule has 0 bridgehead atoms. The molecule has 1 N–H and O–H groups in total. The zero-order chi connectivity index (χ0) is 9.80. The summed E-state index contributed by atoms with van der Waals surface area (Å²) in [6, 6.07) is 6.90. The van der Waals surface area contributed by atoms with E-state index in [-0.39, 0.29) is 0 Å². The van der Waals surface area contributed by atoms with E-state index in [2.05, 4.69) is 18.2 Å². The summed E-state index contributed by atoms with van der Waals surface area (Å²) in [4.78, 5) is 0. The summed E-state index contributed by atoms with van der Waals surface area (Å²) in [6.07, 6.45) is 7.02. The average molecular weight is 190 g/mol. The SMILES string of the molecule is OCCCCc1ccc2c(c1)CCC2. The Morgan fingerprint density at radius 3 is 2.79 bits per heavy atom. The number of aryl methyl sites for hydroxylation is 3. The molecule has 0 saturated heterocycles. The first-order valence-corrected chi connectivity index (χ1v) is 5.61. The molecule has 0 unspecified atom stereocenters. The Labute approximate surface area is 85.8 Å². The van der Waals surface area contributed by atoms with Crippen LogP contribution in [0.5, 0.6) is 0 Å². The topological polar surface area (TPSA) is 20.2 Å². The number of benzene rings is 1. The molecule has 0 fully saturated rings. The van der Waals surface area contributed by atoms with Crippen LogP contribution in [-0.4, -0.2) is 11.7 Å². The highest BCUT2D eigenvalue weighted by molar-refractivity contribution is 5.35. The maximum absolute atomic E-state index is 8.70. The Balaban J connectivity index is 1.98. The zero-order valence-corrected chi connectivity index (χ0v) is 8.63. The Morgan fingerprint density at radius 1 is 1.07 bits per heavy atom. The average Bonchev–Trinajstić information content (AvgIpc) is 2.65. The molecule has 0 spiro atoms. The summed E-state index contributed by atoms with van der Waals surface area (Å²) < 4.78 is 0. The van der Waals surface area contributed by atoms with Crippen molar-refractivity contribution in [2.45, 2.75) is 38.5 Å². The molecule has 0 heterocycles. The number of fused-ring (bicyclic) bond motifs is 1. The van der Waals surface area contributed by atoms with Crippen LogP contribution in [0.1, 0.15) is 36.0 Å². The molecule has 1 nitrogen and oxygen atoms in total. The molecule has 1 aromatic carbocycles. The highest BCUT2D eigenvalue weighted by Crippen LogP contribution is 2.23. The number of hydrogen-bond acceptors (Lipinski definition) is 1. The van der Waals surface area contributed by atoms with Crippen molar-refractivity contribution < 1.29 is 5.11 Å². The normalized spacial score (nSPS) is 14.4. The molecule has 1 heteroatoms. The summed E-state index contributed by atoms with van der Waals surface area (Å²) in [5.74, 6) is 0. The maximum Gasteiger partial charge on any atom is 0.0431 e. The number of hydrogen-bond donors (Lipinski definition) is 1. The summed E-state index contributed by atoms with van der Waals surface area (Å²) >= 11 is 0. The van der Waals surface area contributed by atoms with Gasteiger partial charge in [0.05, 0.1) is 0 Å². The lowest BCUT2D eigenvalue weighted by Crippen LogP contribution is -1.91. The molecule has 0 saturated carbocycles. The van der Waals surface area contributed by atoms with Crippen molar-refractivity contribution in [3.05, 3.63) is 34.9 Å². The molecule has 1 aliphatic rings. The third kappa shape index (κ3) is 2.16. The van der Waals surface area contributed by atoms with Crippen LogP contribution in [0, 0.1) is 0 Å². The highest BCUT2D eigenvalue weighted by atomic mass is 16.2. The fourth-order valence-corrected chi connectivity index (χ4v) is 2.22. The van der Waals surface area contributed by atoms with Gasteiger partial charge in [0.25, 0.3) is 0 Å². The van der Waals surface area contributed by atoms with Crippen LogP contribution in [0.3, 0.4) is 0 Å². The van der Waals surface area contributed by atoms with Gasteiger partial charge in [0.1, 0.15) is 0 Å². The van der Waals surface area contributed by atoms with Crippen molar-refractivity contribution in [1.82, 2.24) is 0 Å². The Hall–Kier alpha value is -0.820. The first-order valence-electron chi connectivity index (χ1n) is 5.61. The summed E-state index contributed by atoms with van der Waals surface area (Å²) in [5, 5.41) is 8.70. The van der Waals surface area contributed by atoms with Gasteiger partial charge in [0, 0.05) is 6.61 Å². The van der Waals surface area contributed by atoms with E-state index in [9.17, 15) is 0 Å². The smallest absolute Gasteiger partial charge is 0.0431 e. The minimum atomic E-state index is 0.324. The molecular weight excluding hydrogens is 172 g/mol. The molecule has 0 amide bonds. The van der Waals surface area contributed by atoms with Gasteiger partial charge < -0.3 is 5.11 Å². The minimum absolute atomic E-state index is 0.324. The minimum Gasteiger partial charge on any atom is -0.396 e. The molecule has 76 valence electrons. The first kappa shape index (κ1) is 9.72. The van der Waals surface area contributed by atoms with E-state index in [1.165, 1.54) is 24.8 Å². The predicted molar refractivity (Wildman–Crippen MR) is 58.5 cm³/mol. The van der Waals surface area contributed by atoms with E-state index in [1.807, 2.05) is 0 Å². The highest BCUT2D eigenvalue weighted by Gasteiger charge is 2.10. The molecule has 14 heavy (non-hydrogen) atoms. The summed E-state index contributed by atoms with van der Waals surface area (Å²) in [7, 11) is 0. The maximum atomic E-state index is 8.70. The fourth-order valence-electron chi connectivity index (χ4n) is 2.22. The zero-order valence-electron chi connectivity index (χ0n) is 8.63. The van der Waals surface area contributed by atoms with E-state index in [4.69, 9.17) is 5.11 Å². The van der Waals surface area contributed by atoms with Gasteiger partial charge >= 0.3 is 0 Å². The quantitative estimate of drug-likeness (QED) is 0.723. The van der Waals surface area contributed by atoms with Crippen LogP contribution in [0.4, 0.5) is 0 Å². The summed E-state index contributed by atoms with van der Waals surface area (Å²) in [6.45, 7) is 0.324. The third-order valence-electron chi connectivity index (χ3n) is 3.04. The van der Waals surface area contributed by atoms with Crippen molar-refractivity contribution in [1.29, 1.82) is 0 Å². The fraction of sp³-hybridized carbons (Fsp3) is 0.538. The van der Waals surface area contributed by atoms with Crippen LogP contribution < -0.4 is 0 Å². The van der Waals surface area contributed by atoms with Gasteiger partial charge in [-0.3, -0.25) is 0 Å². The Morgan fingerprint density at radius 2 is 1.93 bits per heavy atom. The van der Waals surface area contributed by atoms with E-state index >= 15 is 0 Å². The van der Waals surface area contributed by atoms with Crippen LogP contribution in [-0.2, 0) is 19.3 Å². The van der Waals surface area contributed by atoms with Crippen LogP contribution in [0.15, 0.2) is 18.2 Å². The number of rotatable bonds is 4. The Bertz CT molecular complexity index is 304. The molecule has 0 radical (unpaired) electrons. The van der Waals surface area contributed by atoms with Crippen LogP contribution in [0.25, 0.3) is 0 Å². The van der Waals surface area contributed by atoms with E-state index in [1.54, 1.807) is 11.1 Å². The molecule has 0 atom stereocenters. The molecule has 0 aromatic heterocycles. The number of unbranched alkanes of at least 4 members (excludes halogenated alkanes) is 1. The van der Waals surface area contributed by atoms with Crippen molar-refractivity contribution in [3.63, 3.8) is 0 Å². The first-order chi connectivity index (χ1) is 6.90. The third-order valence-corrected chi connectivity index (χ3v) is 3.04. The number of aliphatic hydroxyl groups excluding tert-OH is 1. The van der Waals surface area contributed by atoms with Crippen LogP contribution in [0.2, 0.25) is 0 Å².